The van der Waals surface area contributed by atoms with E-state index in [-0.39, 0.29) is 0 Å². The van der Waals surface area contributed by atoms with Crippen molar-refractivity contribution in [2.75, 3.05) is 5.43 Å². The lowest BCUT2D eigenvalue weighted by molar-refractivity contribution is 0.112. The second-order valence-corrected chi connectivity index (χ2v) is 3.38. The number of nitrogens with zero attached hydrogens (tertiary/aromatic N) is 2. The number of aldehydes is 1. The summed E-state index contributed by atoms with van der Waals surface area (Å²) in [6.07, 6.45) is 4.68. The van der Waals surface area contributed by atoms with Gasteiger partial charge in [0.25, 0.3) is 0 Å². The van der Waals surface area contributed by atoms with Crippen molar-refractivity contribution in [2.45, 2.75) is 26.3 Å². The Morgan fingerprint density at radius 2 is 2.57 bits per heavy atom. The van der Waals surface area contributed by atoms with Crippen LogP contribution in [0.1, 0.15) is 35.8 Å². The van der Waals surface area contributed by atoms with E-state index in [9.17, 15) is 4.79 Å². The van der Waals surface area contributed by atoms with Crippen molar-refractivity contribution in [3.63, 3.8) is 0 Å². The van der Waals surface area contributed by atoms with Crippen LogP contribution in [0, 0.1) is 0 Å². The molecule has 0 saturated heterocycles. The maximum absolute atomic E-state index is 10.6. The minimum Gasteiger partial charge on any atom is -0.298 e. The van der Waals surface area contributed by atoms with E-state index in [0.717, 1.165) is 30.7 Å². The van der Waals surface area contributed by atoms with Crippen molar-refractivity contribution in [3.8, 4) is 0 Å². The van der Waals surface area contributed by atoms with Crippen LogP contribution in [0.15, 0.2) is 17.3 Å². The van der Waals surface area contributed by atoms with Gasteiger partial charge in [0, 0.05) is 18.2 Å². The summed E-state index contributed by atoms with van der Waals surface area (Å²) in [5, 5.41) is 0. The molecule has 1 aliphatic rings. The lowest BCUT2D eigenvalue weighted by atomic mass is 10.3. The van der Waals surface area contributed by atoms with Crippen LogP contribution < -0.4 is 5.43 Å². The van der Waals surface area contributed by atoms with Gasteiger partial charge in [0.05, 0.1) is 12.2 Å². The third-order valence-electron chi connectivity index (χ3n) is 2.23. The molecular formula is C10H13N3O. The molecule has 74 valence electrons. The molecule has 14 heavy (non-hydrogen) atoms. The van der Waals surface area contributed by atoms with Crippen molar-refractivity contribution in [3.05, 3.63) is 23.5 Å². The van der Waals surface area contributed by atoms with Crippen molar-refractivity contribution < 1.29 is 4.79 Å². The fraction of sp³-hybridized carbons (Fsp3) is 0.400. The van der Waals surface area contributed by atoms with Crippen LogP contribution in [0.2, 0.25) is 0 Å². The lowest BCUT2D eigenvalue weighted by Crippen LogP contribution is -2.27. The van der Waals surface area contributed by atoms with Crippen molar-refractivity contribution in [1.82, 2.24) is 4.68 Å². The van der Waals surface area contributed by atoms with E-state index in [4.69, 9.17) is 0 Å². The summed E-state index contributed by atoms with van der Waals surface area (Å²) in [6, 6.07) is 1.85. The molecule has 0 fully saturated rings. The number of aliphatic imine (C=N–C) groups is 1. The van der Waals surface area contributed by atoms with Gasteiger partial charge in [-0.05, 0) is 12.5 Å². The van der Waals surface area contributed by atoms with Gasteiger partial charge < -0.3 is 0 Å². The zero-order valence-electron chi connectivity index (χ0n) is 8.16. The summed E-state index contributed by atoms with van der Waals surface area (Å²) in [7, 11) is 0. The normalized spacial score (nSPS) is 14.2. The van der Waals surface area contributed by atoms with Crippen molar-refractivity contribution in [1.29, 1.82) is 0 Å². The van der Waals surface area contributed by atoms with Crippen LogP contribution in [0.25, 0.3) is 0 Å². The summed E-state index contributed by atoms with van der Waals surface area (Å²) < 4.78 is 1.88. The monoisotopic (exact) mass is 191 g/mol. The quantitative estimate of drug-likeness (QED) is 0.737. The standard InChI is InChI=1S/C10H13N3O/c1-2-3-10-11-5-9-4-8(7-14)6-13(9)12-10/h4,6-7H,2-3,5H2,1H3,(H,11,12). The molecule has 1 aliphatic heterocycles. The number of nitrogens with one attached hydrogen (secondary N) is 1. The number of amidine groups is 1. The zero-order chi connectivity index (χ0) is 9.97. The molecule has 0 aromatic carbocycles. The number of aromatic nitrogens is 1. The second-order valence-electron chi connectivity index (χ2n) is 3.38. The largest absolute Gasteiger partial charge is 0.298 e. The van der Waals surface area contributed by atoms with E-state index in [0.29, 0.717) is 12.1 Å². The average Bonchev–Trinajstić information content (AvgIpc) is 2.60. The number of fused-ring (bicyclic) bond motifs is 1. The molecule has 4 nitrogen and oxygen atoms in total. The van der Waals surface area contributed by atoms with E-state index in [1.807, 2.05) is 10.7 Å². The SMILES string of the molecule is CCCC1=NCc2cc(C=O)cn2N1. The Bertz CT molecular complexity index is 379. The highest BCUT2D eigenvalue weighted by Gasteiger charge is 2.11. The predicted molar refractivity (Wildman–Crippen MR) is 55.2 cm³/mol. The molecule has 0 amide bonds. The van der Waals surface area contributed by atoms with Gasteiger partial charge in [-0.25, -0.2) is 0 Å². The maximum Gasteiger partial charge on any atom is 0.151 e. The molecule has 2 rings (SSSR count). The summed E-state index contributed by atoms with van der Waals surface area (Å²) >= 11 is 0. The number of hydrogen-bond donors (Lipinski definition) is 1. The number of hydrogen-bond acceptors (Lipinski definition) is 3. The lowest BCUT2D eigenvalue weighted by Gasteiger charge is -2.17. The average molecular weight is 191 g/mol. The van der Waals surface area contributed by atoms with Gasteiger partial charge >= 0.3 is 0 Å². The van der Waals surface area contributed by atoms with Crippen LogP contribution >= 0.6 is 0 Å². The minimum atomic E-state index is 0.663. The van der Waals surface area contributed by atoms with Gasteiger partial charge in [-0.15, -0.1) is 0 Å². The molecule has 1 aromatic heterocycles. The summed E-state index contributed by atoms with van der Waals surface area (Å²) in [5.41, 5.74) is 4.89. The molecule has 1 aromatic rings. The Morgan fingerprint density at radius 1 is 1.71 bits per heavy atom. The number of rotatable bonds is 3. The van der Waals surface area contributed by atoms with Gasteiger partial charge in [-0.3, -0.25) is 19.9 Å². The van der Waals surface area contributed by atoms with Crippen molar-refractivity contribution in [2.24, 2.45) is 4.99 Å². The molecule has 0 spiro atoms. The Balaban J connectivity index is 2.18. The fourth-order valence-corrected chi connectivity index (χ4v) is 1.54. The summed E-state index contributed by atoms with van der Waals surface area (Å²) in [4.78, 5) is 14.9. The molecule has 2 heterocycles. The minimum absolute atomic E-state index is 0.663. The third kappa shape index (κ3) is 1.55. The molecule has 0 bridgehead atoms. The molecular weight excluding hydrogens is 178 g/mol. The van der Waals surface area contributed by atoms with E-state index >= 15 is 0 Å². The van der Waals surface area contributed by atoms with Gasteiger partial charge in [0.15, 0.2) is 6.29 Å². The highest BCUT2D eigenvalue weighted by Crippen LogP contribution is 2.11. The Morgan fingerprint density at radius 3 is 3.29 bits per heavy atom. The van der Waals surface area contributed by atoms with Crippen LogP contribution in [0.4, 0.5) is 0 Å². The van der Waals surface area contributed by atoms with E-state index in [2.05, 4.69) is 17.3 Å². The molecule has 0 atom stereocenters. The van der Waals surface area contributed by atoms with Gasteiger partial charge in [0.1, 0.15) is 5.84 Å². The molecule has 4 heteroatoms. The summed E-state index contributed by atoms with van der Waals surface area (Å²) in [5.74, 6) is 0.994. The van der Waals surface area contributed by atoms with E-state index in [1.165, 1.54) is 0 Å². The van der Waals surface area contributed by atoms with E-state index < -0.39 is 0 Å². The molecule has 1 N–H and O–H groups in total. The molecule has 0 saturated carbocycles. The predicted octanol–water partition coefficient (Wildman–Crippen LogP) is 1.56. The first kappa shape index (κ1) is 8.99. The first-order chi connectivity index (χ1) is 6.83. The van der Waals surface area contributed by atoms with Crippen LogP contribution in [-0.4, -0.2) is 16.8 Å². The maximum atomic E-state index is 10.6. The van der Waals surface area contributed by atoms with Crippen LogP contribution in [0.5, 0.6) is 0 Å². The molecule has 0 radical (unpaired) electrons. The van der Waals surface area contributed by atoms with Crippen molar-refractivity contribution >= 4 is 12.1 Å². The van der Waals surface area contributed by atoms with Gasteiger partial charge in [0.2, 0.25) is 0 Å². The second kappa shape index (κ2) is 3.65. The zero-order valence-corrected chi connectivity index (χ0v) is 8.16. The Hall–Kier alpha value is -1.58. The number of carbonyl (C=O) groups is 1. The van der Waals surface area contributed by atoms with Gasteiger partial charge in [-0.2, -0.15) is 0 Å². The highest BCUT2D eigenvalue weighted by molar-refractivity contribution is 5.90. The molecule has 0 aliphatic carbocycles. The van der Waals surface area contributed by atoms with Crippen LogP contribution in [-0.2, 0) is 6.54 Å². The summed E-state index contributed by atoms with van der Waals surface area (Å²) in [6.45, 7) is 2.78. The van der Waals surface area contributed by atoms with E-state index in [1.54, 1.807) is 6.20 Å². The highest BCUT2D eigenvalue weighted by atomic mass is 16.1. The Labute approximate surface area is 82.6 Å². The molecule has 0 unspecified atom stereocenters. The van der Waals surface area contributed by atoms with Crippen LogP contribution in [0.3, 0.4) is 0 Å². The number of carbonyl (C=O) groups excluding carboxylic acids is 1. The smallest absolute Gasteiger partial charge is 0.151 e. The Kier molecular flexibility index (Phi) is 2.35. The fourth-order valence-electron chi connectivity index (χ4n) is 1.54. The van der Waals surface area contributed by atoms with Gasteiger partial charge in [-0.1, -0.05) is 6.92 Å². The first-order valence-electron chi connectivity index (χ1n) is 4.80. The first-order valence-corrected chi connectivity index (χ1v) is 4.80. The third-order valence-corrected chi connectivity index (χ3v) is 2.23. The topological polar surface area (TPSA) is 46.4 Å².